The number of nitrogens with one attached hydrogen (secondary N) is 1. The van der Waals surface area contributed by atoms with Gasteiger partial charge in [-0.2, -0.15) is 5.26 Å². The fourth-order valence-corrected chi connectivity index (χ4v) is 1.96. The summed E-state index contributed by atoms with van der Waals surface area (Å²) < 4.78 is 0. The summed E-state index contributed by atoms with van der Waals surface area (Å²) in [5, 5.41) is 22.9. The van der Waals surface area contributed by atoms with E-state index in [1.165, 1.54) is 12.1 Å². The van der Waals surface area contributed by atoms with Gasteiger partial charge >= 0.3 is 0 Å². The molecule has 0 radical (unpaired) electrons. The minimum atomic E-state index is -0.483. The molecule has 1 saturated carbocycles. The first-order valence-electron chi connectivity index (χ1n) is 6.81. The molecule has 1 fully saturated rings. The summed E-state index contributed by atoms with van der Waals surface area (Å²) in [7, 11) is 3.42. The van der Waals surface area contributed by atoms with Crippen LogP contribution in [0.2, 0.25) is 0 Å². The molecule has 0 aliphatic heterocycles. The smallest absolute Gasteiger partial charge is 0.293 e. The third-order valence-corrected chi connectivity index (χ3v) is 3.27. The van der Waals surface area contributed by atoms with Crippen LogP contribution in [0.15, 0.2) is 23.8 Å². The molecule has 7 nitrogen and oxygen atoms in total. The Balaban J connectivity index is 2.32. The molecule has 114 valence electrons. The Morgan fingerprint density at radius 1 is 1.50 bits per heavy atom. The van der Waals surface area contributed by atoms with Crippen LogP contribution < -0.4 is 10.2 Å². The SMILES string of the molecule is CN(C)c1ccc(/C=C(\C#N)C(=O)NC2CC2)cc1[N+](=O)[O-]. The molecule has 0 atom stereocenters. The summed E-state index contributed by atoms with van der Waals surface area (Å²) in [5.41, 5.74) is 0.778. The number of nitriles is 1. The third kappa shape index (κ3) is 3.61. The molecule has 1 aromatic carbocycles. The van der Waals surface area contributed by atoms with Gasteiger partial charge in [0.25, 0.3) is 11.6 Å². The summed E-state index contributed by atoms with van der Waals surface area (Å²) in [6.45, 7) is 0. The fourth-order valence-electron chi connectivity index (χ4n) is 1.96. The lowest BCUT2D eigenvalue weighted by molar-refractivity contribution is -0.384. The maximum atomic E-state index is 11.9. The molecule has 22 heavy (non-hydrogen) atoms. The molecule has 0 aromatic heterocycles. The molecule has 0 unspecified atom stereocenters. The van der Waals surface area contributed by atoms with Crippen LogP contribution in [0.5, 0.6) is 0 Å². The highest BCUT2D eigenvalue weighted by Crippen LogP contribution is 2.28. The van der Waals surface area contributed by atoms with Crippen molar-refractivity contribution in [3.8, 4) is 6.07 Å². The van der Waals surface area contributed by atoms with Gasteiger partial charge in [-0.3, -0.25) is 14.9 Å². The number of nitrogens with zero attached hydrogens (tertiary/aromatic N) is 3. The van der Waals surface area contributed by atoms with E-state index in [4.69, 9.17) is 5.26 Å². The van der Waals surface area contributed by atoms with Crippen LogP contribution >= 0.6 is 0 Å². The molecule has 1 amide bonds. The maximum Gasteiger partial charge on any atom is 0.293 e. The number of hydrogen-bond donors (Lipinski definition) is 1. The Morgan fingerprint density at radius 2 is 2.18 bits per heavy atom. The van der Waals surface area contributed by atoms with Crippen molar-refractivity contribution >= 4 is 23.4 Å². The Hall–Kier alpha value is -2.88. The molecule has 0 bridgehead atoms. The van der Waals surface area contributed by atoms with Gasteiger partial charge < -0.3 is 10.2 Å². The fraction of sp³-hybridized carbons (Fsp3) is 0.333. The second kappa shape index (κ2) is 6.26. The largest absolute Gasteiger partial charge is 0.372 e. The second-order valence-corrected chi connectivity index (χ2v) is 5.32. The van der Waals surface area contributed by atoms with Crippen LogP contribution in [-0.4, -0.2) is 31.0 Å². The van der Waals surface area contributed by atoms with E-state index in [0.717, 1.165) is 12.8 Å². The topological polar surface area (TPSA) is 99.3 Å². The first kappa shape index (κ1) is 15.5. The number of benzene rings is 1. The third-order valence-electron chi connectivity index (χ3n) is 3.27. The van der Waals surface area contributed by atoms with Crippen molar-refractivity contribution in [2.45, 2.75) is 18.9 Å². The number of rotatable bonds is 5. The van der Waals surface area contributed by atoms with Gasteiger partial charge in [0.05, 0.1) is 4.92 Å². The lowest BCUT2D eigenvalue weighted by atomic mass is 10.1. The van der Waals surface area contributed by atoms with E-state index in [1.807, 2.05) is 6.07 Å². The molecule has 7 heteroatoms. The summed E-state index contributed by atoms with van der Waals surface area (Å²) in [6, 6.07) is 6.58. The predicted molar refractivity (Wildman–Crippen MR) is 82.2 cm³/mol. The van der Waals surface area contributed by atoms with Gasteiger partial charge in [-0.1, -0.05) is 6.07 Å². The van der Waals surface area contributed by atoms with Gasteiger partial charge in [-0.05, 0) is 30.5 Å². The highest BCUT2D eigenvalue weighted by atomic mass is 16.6. The summed E-state index contributed by atoms with van der Waals surface area (Å²) in [6.07, 6.45) is 3.21. The standard InChI is InChI=1S/C15H16N4O3/c1-18(2)13-6-3-10(8-14(13)19(21)22)7-11(9-16)15(20)17-12-4-5-12/h3,6-8,12H,4-5H2,1-2H3,(H,17,20)/b11-7+. The van der Waals surface area contributed by atoms with Crippen molar-refractivity contribution in [3.63, 3.8) is 0 Å². The zero-order valence-electron chi connectivity index (χ0n) is 12.4. The number of anilines is 1. The number of amides is 1. The van der Waals surface area contributed by atoms with Crippen molar-refractivity contribution in [1.29, 1.82) is 5.26 Å². The average molecular weight is 300 g/mol. The van der Waals surface area contributed by atoms with Gasteiger partial charge in [0.15, 0.2) is 0 Å². The van der Waals surface area contributed by atoms with Gasteiger partial charge in [0.1, 0.15) is 17.3 Å². The molecule has 1 aliphatic carbocycles. The van der Waals surface area contributed by atoms with Crippen LogP contribution in [-0.2, 0) is 4.79 Å². The predicted octanol–water partition coefficient (Wildman–Crippen LogP) is 1.85. The van der Waals surface area contributed by atoms with Crippen molar-refractivity contribution < 1.29 is 9.72 Å². The van der Waals surface area contributed by atoms with Crippen molar-refractivity contribution in [2.24, 2.45) is 0 Å². The van der Waals surface area contributed by atoms with E-state index < -0.39 is 10.8 Å². The lowest BCUT2D eigenvalue weighted by Gasteiger charge is -2.12. The first-order chi connectivity index (χ1) is 10.4. The van der Waals surface area contributed by atoms with Crippen molar-refractivity contribution in [1.82, 2.24) is 5.32 Å². The van der Waals surface area contributed by atoms with E-state index in [2.05, 4.69) is 5.32 Å². The van der Waals surface area contributed by atoms with Gasteiger partial charge in [0, 0.05) is 26.2 Å². The molecule has 1 aliphatic rings. The Kier molecular flexibility index (Phi) is 4.41. The normalized spacial score (nSPS) is 14.1. The van der Waals surface area contributed by atoms with Gasteiger partial charge in [-0.25, -0.2) is 0 Å². The molecule has 0 saturated heterocycles. The summed E-state index contributed by atoms with van der Waals surface area (Å²) in [4.78, 5) is 24.2. The van der Waals surface area contributed by atoms with Crippen molar-refractivity contribution in [3.05, 3.63) is 39.4 Å². The van der Waals surface area contributed by atoms with E-state index >= 15 is 0 Å². The van der Waals surface area contributed by atoms with E-state index in [-0.39, 0.29) is 17.3 Å². The van der Waals surface area contributed by atoms with Crippen LogP contribution in [0.1, 0.15) is 18.4 Å². The molecule has 0 spiro atoms. The Bertz CT molecular complexity index is 685. The summed E-state index contributed by atoms with van der Waals surface area (Å²) in [5.74, 6) is -0.440. The number of carbonyl (C=O) groups excluding carboxylic acids is 1. The van der Waals surface area contributed by atoms with Crippen LogP contribution in [0.3, 0.4) is 0 Å². The van der Waals surface area contributed by atoms with E-state index in [0.29, 0.717) is 11.3 Å². The lowest BCUT2D eigenvalue weighted by Crippen LogP contribution is -2.26. The number of nitro benzene ring substituents is 1. The van der Waals surface area contributed by atoms with E-state index in [9.17, 15) is 14.9 Å². The maximum absolute atomic E-state index is 11.9. The molecule has 1 N–H and O–H groups in total. The highest BCUT2D eigenvalue weighted by molar-refractivity contribution is 6.02. The minimum absolute atomic E-state index is 0.0567. The molecular formula is C15H16N4O3. The second-order valence-electron chi connectivity index (χ2n) is 5.32. The van der Waals surface area contributed by atoms with Gasteiger partial charge in [-0.15, -0.1) is 0 Å². The highest BCUT2D eigenvalue weighted by Gasteiger charge is 2.25. The molecule has 1 aromatic rings. The molecule has 2 rings (SSSR count). The van der Waals surface area contributed by atoms with Crippen LogP contribution in [0, 0.1) is 21.4 Å². The number of carbonyl (C=O) groups is 1. The molecular weight excluding hydrogens is 284 g/mol. The van der Waals surface area contributed by atoms with Gasteiger partial charge in [0.2, 0.25) is 0 Å². The average Bonchev–Trinajstić information content (AvgIpc) is 3.27. The van der Waals surface area contributed by atoms with Crippen LogP contribution in [0.25, 0.3) is 6.08 Å². The Morgan fingerprint density at radius 3 is 2.68 bits per heavy atom. The molecule has 0 heterocycles. The van der Waals surface area contributed by atoms with Crippen molar-refractivity contribution in [2.75, 3.05) is 19.0 Å². The minimum Gasteiger partial charge on any atom is -0.372 e. The monoisotopic (exact) mass is 300 g/mol. The Labute approximate surface area is 128 Å². The zero-order chi connectivity index (χ0) is 16.3. The summed E-state index contributed by atoms with van der Waals surface area (Å²) >= 11 is 0. The number of nitro groups is 1. The quantitative estimate of drug-likeness (QED) is 0.387. The van der Waals surface area contributed by atoms with E-state index in [1.54, 1.807) is 31.1 Å². The zero-order valence-corrected chi connectivity index (χ0v) is 12.4. The van der Waals surface area contributed by atoms with Crippen LogP contribution in [0.4, 0.5) is 11.4 Å². The first-order valence-corrected chi connectivity index (χ1v) is 6.81. The number of hydrogen-bond acceptors (Lipinski definition) is 5.